The van der Waals surface area contributed by atoms with Gasteiger partial charge in [-0.1, -0.05) is 73.5 Å². The molecule has 0 aliphatic carbocycles. The second kappa shape index (κ2) is 13.0. The van der Waals surface area contributed by atoms with E-state index in [0.717, 1.165) is 18.4 Å². The van der Waals surface area contributed by atoms with E-state index in [0.29, 0.717) is 39.8 Å². The zero-order valence-corrected chi connectivity index (χ0v) is 22.6. The Balaban J connectivity index is 1.72. The first kappa shape index (κ1) is 27.7. The summed E-state index contributed by atoms with van der Waals surface area (Å²) in [7, 11) is 0. The number of carbonyl (C=O) groups is 3. The van der Waals surface area contributed by atoms with Crippen molar-refractivity contribution in [3.05, 3.63) is 101 Å². The topological polar surface area (TPSA) is 99.8 Å². The molecule has 0 fully saturated rings. The molecule has 4 amide bonds. The summed E-state index contributed by atoms with van der Waals surface area (Å²) in [6.45, 7) is 4.43. The van der Waals surface area contributed by atoms with Gasteiger partial charge in [0.05, 0.1) is 23.9 Å². The average Bonchev–Trinajstić information content (AvgIpc) is 2.92. The first-order valence-corrected chi connectivity index (χ1v) is 13.3. The fraction of sp³-hybridized carbons (Fsp3) is 0.233. The van der Waals surface area contributed by atoms with Gasteiger partial charge in [-0.15, -0.1) is 0 Å². The van der Waals surface area contributed by atoms with Gasteiger partial charge in [0.2, 0.25) is 0 Å². The lowest BCUT2D eigenvalue weighted by atomic mass is 9.91. The molecule has 0 aromatic heterocycles. The number of amides is 4. The summed E-state index contributed by atoms with van der Waals surface area (Å²) in [5, 5.41) is 9.04. The van der Waals surface area contributed by atoms with E-state index < -0.39 is 18.0 Å². The summed E-state index contributed by atoms with van der Waals surface area (Å²) >= 11 is 6.01. The molecular formula is C30H31ClN4O4. The number of nitrogens with zero attached hydrogens (tertiary/aromatic N) is 1. The highest BCUT2D eigenvalue weighted by Crippen LogP contribution is 2.37. The molecule has 202 valence electrons. The predicted molar refractivity (Wildman–Crippen MR) is 153 cm³/mol. The number of hydrogen-bond acceptors (Lipinski definition) is 4. The normalized spacial score (nSPS) is 15.0. The number of carbonyl (C=O) groups excluding carboxylic acids is 3. The Morgan fingerprint density at radius 2 is 1.64 bits per heavy atom. The molecule has 0 radical (unpaired) electrons. The van der Waals surface area contributed by atoms with Crippen LogP contribution in [0.1, 0.15) is 43.9 Å². The second-order valence-corrected chi connectivity index (χ2v) is 9.39. The number of unbranched alkanes of at least 4 members (excludes halogenated alkanes) is 1. The SMILES string of the molecule is CCCCN1C(=O)N[C@@H](c2cccc(NC(=O)Nc3cccc(Cl)c3)c2)C(C(=O)OCC)=C1c1ccccc1. The van der Waals surface area contributed by atoms with Crippen LogP contribution < -0.4 is 16.0 Å². The van der Waals surface area contributed by atoms with Crippen molar-refractivity contribution < 1.29 is 19.1 Å². The van der Waals surface area contributed by atoms with E-state index >= 15 is 0 Å². The Morgan fingerprint density at radius 3 is 2.31 bits per heavy atom. The van der Waals surface area contributed by atoms with Crippen LogP contribution in [0.5, 0.6) is 0 Å². The van der Waals surface area contributed by atoms with Crippen molar-refractivity contribution in [1.82, 2.24) is 10.2 Å². The molecule has 1 aliphatic heterocycles. The molecule has 0 saturated carbocycles. The van der Waals surface area contributed by atoms with Crippen LogP contribution in [0.15, 0.2) is 84.4 Å². The maximum atomic E-state index is 13.4. The largest absolute Gasteiger partial charge is 0.463 e. The third-order valence-corrected chi connectivity index (χ3v) is 6.40. The van der Waals surface area contributed by atoms with Gasteiger partial charge in [0.1, 0.15) is 0 Å². The van der Waals surface area contributed by atoms with E-state index in [1.807, 2.05) is 37.3 Å². The molecular weight excluding hydrogens is 516 g/mol. The molecule has 1 heterocycles. The highest BCUT2D eigenvalue weighted by atomic mass is 35.5. The van der Waals surface area contributed by atoms with Crippen LogP contribution in [0, 0.1) is 0 Å². The van der Waals surface area contributed by atoms with Gasteiger partial charge in [0.15, 0.2) is 0 Å². The molecule has 1 atom stereocenters. The molecule has 8 nitrogen and oxygen atoms in total. The molecule has 39 heavy (non-hydrogen) atoms. The third-order valence-electron chi connectivity index (χ3n) is 6.16. The number of halogens is 1. The van der Waals surface area contributed by atoms with Crippen LogP contribution in [0.2, 0.25) is 5.02 Å². The minimum Gasteiger partial charge on any atom is -0.463 e. The van der Waals surface area contributed by atoms with E-state index in [1.165, 1.54) is 0 Å². The van der Waals surface area contributed by atoms with E-state index in [1.54, 1.807) is 60.4 Å². The van der Waals surface area contributed by atoms with Crippen LogP contribution in [-0.4, -0.2) is 36.1 Å². The predicted octanol–water partition coefficient (Wildman–Crippen LogP) is 6.82. The number of nitrogens with one attached hydrogen (secondary N) is 3. The summed E-state index contributed by atoms with van der Waals surface area (Å²) < 4.78 is 5.48. The minimum absolute atomic E-state index is 0.186. The maximum Gasteiger partial charge on any atom is 0.338 e. The highest BCUT2D eigenvalue weighted by Gasteiger charge is 2.38. The van der Waals surface area contributed by atoms with Gasteiger partial charge in [-0.25, -0.2) is 14.4 Å². The molecule has 9 heteroatoms. The van der Waals surface area contributed by atoms with Crippen molar-refractivity contribution in [2.75, 3.05) is 23.8 Å². The van der Waals surface area contributed by atoms with Crippen molar-refractivity contribution in [2.24, 2.45) is 0 Å². The van der Waals surface area contributed by atoms with Crippen molar-refractivity contribution >= 4 is 46.7 Å². The van der Waals surface area contributed by atoms with Crippen LogP contribution >= 0.6 is 11.6 Å². The van der Waals surface area contributed by atoms with E-state index in [4.69, 9.17) is 16.3 Å². The van der Waals surface area contributed by atoms with Gasteiger partial charge >= 0.3 is 18.0 Å². The van der Waals surface area contributed by atoms with Crippen LogP contribution in [0.4, 0.5) is 21.0 Å². The summed E-state index contributed by atoms with van der Waals surface area (Å²) in [5.74, 6) is -0.514. The van der Waals surface area contributed by atoms with Crippen molar-refractivity contribution in [2.45, 2.75) is 32.7 Å². The minimum atomic E-state index is -0.789. The summed E-state index contributed by atoms with van der Waals surface area (Å²) in [6, 6.07) is 21.6. The molecule has 0 unspecified atom stereocenters. The number of benzene rings is 3. The monoisotopic (exact) mass is 546 g/mol. The molecule has 3 N–H and O–H groups in total. The van der Waals surface area contributed by atoms with Gasteiger partial charge in [0.25, 0.3) is 0 Å². The Hall–Kier alpha value is -4.30. The number of urea groups is 2. The Kier molecular flexibility index (Phi) is 9.22. The van der Waals surface area contributed by atoms with Gasteiger partial charge in [0, 0.05) is 22.9 Å². The molecule has 0 saturated heterocycles. The zero-order chi connectivity index (χ0) is 27.8. The van der Waals surface area contributed by atoms with Crippen LogP contribution in [0.3, 0.4) is 0 Å². The standard InChI is InChI=1S/C30H31ClN4O4/c1-3-5-17-35-27(20-11-7-6-8-12-20)25(28(36)39-4-2)26(34-30(35)38)21-13-9-15-23(18-21)32-29(37)33-24-16-10-14-22(31)19-24/h6-16,18-19,26H,3-5,17H2,1-2H3,(H,34,38)(H2,32,33,37)/t26-/m0/s1. The van der Waals surface area contributed by atoms with Crippen LogP contribution in [0.25, 0.3) is 5.70 Å². The van der Waals surface area contributed by atoms with Crippen molar-refractivity contribution in [3.63, 3.8) is 0 Å². The van der Waals surface area contributed by atoms with Gasteiger partial charge in [-0.05, 0) is 54.8 Å². The zero-order valence-electron chi connectivity index (χ0n) is 21.9. The molecule has 0 bridgehead atoms. The van der Waals surface area contributed by atoms with Crippen LogP contribution in [-0.2, 0) is 9.53 Å². The van der Waals surface area contributed by atoms with Crippen molar-refractivity contribution in [1.29, 1.82) is 0 Å². The van der Waals surface area contributed by atoms with Gasteiger partial charge in [-0.3, -0.25) is 4.90 Å². The molecule has 4 rings (SSSR count). The second-order valence-electron chi connectivity index (χ2n) is 8.95. The lowest BCUT2D eigenvalue weighted by molar-refractivity contribution is -0.138. The van der Waals surface area contributed by atoms with Crippen molar-refractivity contribution in [3.8, 4) is 0 Å². The number of rotatable bonds is 9. The first-order chi connectivity index (χ1) is 18.9. The Bertz CT molecular complexity index is 1380. The highest BCUT2D eigenvalue weighted by molar-refractivity contribution is 6.30. The first-order valence-electron chi connectivity index (χ1n) is 12.9. The average molecular weight is 547 g/mol. The third kappa shape index (κ3) is 6.78. The molecule has 1 aliphatic rings. The van der Waals surface area contributed by atoms with E-state index in [9.17, 15) is 14.4 Å². The number of ether oxygens (including phenoxy) is 1. The molecule has 3 aromatic carbocycles. The summed E-state index contributed by atoms with van der Waals surface area (Å²) in [4.78, 5) is 41.1. The summed E-state index contributed by atoms with van der Waals surface area (Å²) in [5.41, 5.74) is 3.25. The number of anilines is 2. The maximum absolute atomic E-state index is 13.4. The Morgan fingerprint density at radius 1 is 0.949 bits per heavy atom. The fourth-order valence-electron chi connectivity index (χ4n) is 4.42. The van der Waals surface area contributed by atoms with E-state index in [-0.39, 0.29) is 12.6 Å². The molecule has 0 spiro atoms. The van der Waals surface area contributed by atoms with Gasteiger partial charge in [-0.2, -0.15) is 0 Å². The summed E-state index contributed by atoms with van der Waals surface area (Å²) in [6.07, 6.45) is 1.65. The lowest BCUT2D eigenvalue weighted by Gasteiger charge is -2.37. The fourth-order valence-corrected chi connectivity index (χ4v) is 4.61. The van der Waals surface area contributed by atoms with Gasteiger partial charge < -0.3 is 20.7 Å². The Labute approximate surface area is 233 Å². The number of hydrogen-bond donors (Lipinski definition) is 3. The molecule has 3 aromatic rings. The quantitative estimate of drug-likeness (QED) is 0.256. The lowest BCUT2D eigenvalue weighted by Crippen LogP contribution is -2.48. The smallest absolute Gasteiger partial charge is 0.338 e. The van der Waals surface area contributed by atoms with E-state index in [2.05, 4.69) is 16.0 Å². The number of esters is 1.